The number of hydrogen-bond donors (Lipinski definition) is 4. The van der Waals surface area contributed by atoms with Gasteiger partial charge in [-0.3, -0.25) is 5.43 Å². The van der Waals surface area contributed by atoms with E-state index < -0.39 is 11.9 Å². The van der Waals surface area contributed by atoms with Gasteiger partial charge in [-0.2, -0.15) is 18.2 Å². The SMILES string of the molecule is NNc1nc(NCC2CC(O)C2)cc(C(F)(F)F)n1. The number of aliphatic hydroxyl groups is 1. The second-order valence-electron chi connectivity index (χ2n) is 4.48. The maximum atomic E-state index is 12.6. The molecule has 106 valence electrons. The molecule has 1 aromatic rings. The fourth-order valence-electron chi connectivity index (χ4n) is 1.86. The molecule has 19 heavy (non-hydrogen) atoms. The Morgan fingerprint density at radius 1 is 1.37 bits per heavy atom. The van der Waals surface area contributed by atoms with Crippen molar-refractivity contribution in [3.63, 3.8) is 0 Å². The normalized spacial score (nSPS) is 22.8. The van der Waals surface area contributed by atoms with Crippen molar-refractivity contribution in [2.24, 2.45) is 11.8 Å². The second kappa shape index (κ2) is 5.17. The molecule has 1 aliphatic rings. The Kier molecular flexibility index (Phi) is 3.76. The molecule has 1 aliphatic carbocycles. The molecule has 1 fully saturated rings. The fourth-order valence-corrected chi connectivity index (χ4v) is 1.86. The first kappa shape index (κ1) is 13.8. The molecular weight excluding hydrogens is 263 g/mol. The summed E-state index contributed by atoms with van der Waals surface area (Å²) in [5, 5.41) is 11.9. The molecule has 0 saturated heterocycles. The molecule has 1 aromatic heterocycles. The van der Waals surface area contributed by atoms with Crippen LogP contribution in [0.15, 0.2) is 6.07 Å². The third-order valence-electron chi connectivity index (χ3n) is 2.93. The number of nitrogens with two attached hydrogens (primary N) is 1. The lowest BCUT2D eigenvalue weighted by atomic mass is 9.82. The minimum atomic E-state index is -4.56. The van der Waals surface area contributed by atoms with Gasteiger partial charge in [0.15, 0.2) is 5.69 Å². The predicted molar refractivity (Wildman–Crippen MR) is 62.1 cm³/mol. The van der Waals surface area contributed by atoms with Crippen molar-refractivity contribution in [3.05, 3.63) is 11.8 Å². The average Bonchev–Trinajstić information content (AvgIpc) is 2.31. The van der Waals surface area contributed by atoms with Crippen molar-refractivity contribution in [1.82, 2.24) is 9.97 Å². The van der Waals surface area contributed by atoms with Crippen LogP contribution in [-0.4, -0.2) is 27.7 Å². The molecule has 2 rings (SSSR count). The number of nitrogens with zero attached hydrogens (tertiary/aromatic N) is 2. The number of anilines is 2. The van der Waals surface area contributed by atoms with Crippen LogP contribution in [0.2, 0.25) is 0 Å². The molecule has 0 unspecified atom stereocenters. The lowest BCUT2D eigenvalue weighted by Gasteiger charge is -2.31. The topological polar surface area (TPSA) is 96.1 Å². The lowest BCUT2D eigenvalue weighted by Crippen LogP contribution is -2.33. The van der Waals surface area contributed by atoms with Gasteiger partial charge in [-0.25, -0.2) is 10.8 Å². The number of alkyl halides is 3. The van der Waals surface area contributed by atoms with Gasteiger partial charge in [0.05, 0.1) is 6.10 Å². The first-order chi connectivity index (χ1) is 8.88. The van der Waals surface area contributed by atoms with E-state index in [-0.39, 0.29) is 23.8 Å². The molecule has 1 saturated carbocycles. The van der Waals surface area contributed by atoms with Gasteiger partial charge in [0.25, 0.3) is 0 Å². The number of aromatic nitrogens is 2. The zero-order chi connectivity index (χ0) is 14.0. The smallest absolute Gasteiger partial charge is 0.393 e. The molecule has 0 radical (unpaired) electrons. The van der Waals surface area contributed by atoms with Crippen LogP contribution in [0.1, 0.15) is 18.5 Å². The molecular formula is C10H14F3N5O. The van der Waals surface area contributed by atoms with E-state index in [1.54, 1.807) is 0 Å². The van der Waals surface area contributed by atoms with Gasteiger partial charge in [-0.05, 0) is 18.8 Å². The first-order valence-electron chi connectivity index (χ1n) is 5.73. The summed E-state index contributed by atoms with van der Waals surface area (Å²) in [6, 6.07) is 0.829. The minimum Gasteiger partial charge on any atom is -0.393 e. The van der Waals surface area contributed by atoms with Crippen LogP contribution < -0.4 is 16.6 Å². The van der Waals surface area contributed by atoms with Crippen molar-refractivity contribution in [2.45, 2.75) is 25.1 Å². The van der Waals surface area contributed by atoms with E-state index in [0.29, 0.717) is 19.4 Å². The molecule has 5 N–H and O–H groups in total. The predicted octanol–water partition coefficient (Wildman–Crippen LogP) is 0.964. The van der Waals surface area contributed by atoms with Crippen LogP contribution in [0.5, 0.6) is 0 Å². The van der Waals surface area contributed by atoms with Crippen LogP contribution in [0.25, 0.3) is 0 Å². The summed E-state index contributed by atoms with van der Waals surface area (Å²) < 4.78 is 37.8. The Morgan fingerprint density at radius 3 is 2.58 bits per heavy atom. The number of nitrogen functional groups attached to an aromatic ring is 1. The van der Waals surface area contributed by atoms with Crippen LogP contribution in [-0.2, 0) is 6.18 Å². The van der Waals surface area contributed by atoms with E-state index in [1.807, 2.05) is 5.43 Å². The van der Waals surface area contributed by atoms with E-state index >= 15 is 0 Å². The zero-order valence-corrected chi connectivity index (χ0v) is 9.91. The molecule has 9 heteroatoms. The van der Waals surface area contributed by atoms with E-state index in [9.17, 15) is 13.2 Å². The highest BCUT2D eigenvalue weighted by Crippen LogP contribution is 2.30. The summed E-state index contributed by atoms with van der Waals surface area (Å²) in [4.78, 5) is 7.04. The number of rotatable bonds is 4. The lowest BCUT2D eigenvalue weighted by molar-refractivity contribution is -0.141. The van der Waals surface area contributed by atoms with Crippen molar-refractivity contribution in [2.75, 3.05) is 17.3 Å². The highest BCUT2D eigenvalue weighted by molar-refractivity contribution is 5.42. The largest absolute Gasteiger partial charge is 0.433 e. The second-order valence-corrected chi connectivity index (χ2v) is 4.48. The zero-order valence-electron chi connectivity index (χ0n) is 9.91. The summed E-state index contributed by atoms with van der Waals surface area (Å²) in [6.45, 7) is 0.454. The van der Waals surface area contributed by atoms with Crippen LogP contribution in [0, 0.1) is 5.92 Å². The van der Waals surface area contributed by atoms with Gasteiger partial charge in [0, 0.05) is 12.6 Å². The Labute approximate surface area is 107 Å². The Bertz CT molecular complexity index is 447. The van der Waals surface area contributed by atoms with Crippen LogP contribution in [0.3, 0.4) is 0 Å². The number of nitrogens with one attached hydrogen (secondary N) is 2. The fraction of sp³-hybridized carbons (Fsp3) is 0.600. The molecule has 0 bridgehead atoms. The molecule has 0 atom stereocenters. The van der Waals surface area contributed by atoms with Gasteiger partial charge in [-0.1, -0.05) is 0 Å². The van der Waals surface area contributed by atoms with Gasteiger partial charge in [0.2, 0.25) is 5.95 Å². The number of halogens is 3. The summed E-state index contributed by atoms with van der Waals surface area (Å²) >= 11 is 0. The van der Waals surface area contributed by atoms with Gasteiger partial charge >= 0.3 is 6.18 Å². The van der Waals surface area contributed by atoms with Crippen LogP contribution in [0.4, 0.5) is 24.9 Å². The highest BCUT2D eigenvalue weighted by atomic mass is 19.4. The monoisotopic (exact) mass is 277 g/mol. The maximum absolute atomic E-state index is 12.6. The molecule has 0 aliphatic heterocycles. The summed E-state index contributed by atoms with van der Waals surface area (Å²) in [5.41, 5.74) is 0.937. The van der Waals surface area contributed by atoms with Gasteiger partial charge in [-0.15, -0.1) is 0 Å². The van der Waals surface area contributed by atoms with E-state index in [4.69, 9.17) is 10.9 Å². The number of hydrogen-bond acceptors (Lipinski definition) is 6. The summed E-state index contributed by atoms with van der Waals surface area (Å²) in [5.74, 6) is 5.04. The highest BCUT2D eigenvalue weighted by Gasteiger charge is 2.34. The third-order valence-corrected chi connectivity index (χ3v) is 2.93. The van der Waals surface area contributed by atoms with Crippen molar-refractivity contribution in [3.8, 4) is 0 Å². The van der Waals surface area contributed by atoms with Crippen LogP contribution >= 0.6 is 0 Å². The van der Waals surface area contributed by atoms with Crippen molar-refractivity contribution < 1.29 is 18.3 Å². The van der Waals surface area contributed by atoms with E-state index in [1.165, 1.54) is 0 Å². The molecule has 0 aromatic carbocycles. The van der Waals surface area contributed by atoms with Gasteiger partial charge in [0.1, 0.15) is 5.82 Å². The molecule has 1 heterocycles. The van der Waals surface area contributed by atoms with Crippen molar-refractivity contribution >= 4 is 11.8 Å². The quantitative estimate of drug-likeness (QED) is 0.483. The first-order valence-corrected chi connectivity index (χ1v) is 5.73. The number of hydrazine groups is 1. The summed E-state index contributed by atoms with van der Waals surface area (Å²) in [7, 11) is 0. The van der Waals surface area contributed by atoms with Gasteiger partial charge < -0.3 is 10.4 Å². The Morgan fingerprint density at radius 2 is 2.05 bits per heavy atom. The third kappa shape index (κ3) is 3.44. The minimum absolute atomic E-state index is 0.0525. The maximum Gasteiger partial charge on any atom is 0.433 e. The Balaban J connectivity index is 2.06. The Hall–Kier alpha value is -1.61. The average molecular weight is 277 g/mol. The van der Waals surface area contributed by atoms with E-state index in [2.05, 4.69) is 15.3 Å². The molecule has 6 nitrogen and oxygen atoms in total. The molecule has 0 amide bonds. The van der Waals surface area contributed by atoms with E-state index in [0.717, 1.165) is 6.07 Å². The summed E-state index contributed by atoms with van der Waals surface area (Å²) in [6.07, 6.45) is -3.57. The van der Waals surface area contributed by atoms with Crippen molar-refractivity contribution in [1.29, 1.82) is 0 Å². The number of aliphatic hydroxyl groups excluding tert-OH is 1. The standard InChI is InChI=1S/C10H14F3N5O/c11-10(12,13)7-3-8(17-9(16-7)18-14)15-4-5-1-6(19)2-5/h3,5-6,19H,1-2,4,14H2,(H2,15,16,17,18). The molecule has 0 spiro atoms.